The molecule has 1 saturated heterocycles. The highest BCUT2D eigenvalue weighted by Gasteiger charge is 2.34. The summed E-state index contributed by atoms with van der Waals surface area (Å²) in [6, 6.07) is 6.50. The Balaban J connectivity index is 2.32. The fourth-order valence-electron chi connectivity index (χ4n) is 1.83. The van der Waals surface area contributed by atoms with E-state index in [9.17, 15) is 13.2 Å². The number of piperazine rings is 1. The average molecular weight is 229 g/mol. The molecule has 0 aromatic heterocycles. The molecule has 0 atom stereocenters. The first-order valence-corrected chi connectivity index (χ1v) is 5.12. The van der Waals surface area contributed by atoms with E-state index in [2.05, 4.69) is 11.4 Å². The second-order valence-corrected chi connectivity index (χ2v) is 3.68. The lowest BCUT2D eigenvalue weighted by molar-refractivity contribution is -0.137. The molecule has 1 aromatic rings. The maximum absolute atomic E-state index is 12.7. The normalized spacial score (nSPS) is 17.6. The molecule has 2 rings (SSSR count). The van der Waals surface area contributed by atoms with Crippen LogP contribution < -0.4 is 10.2 Å². The molecule has 16 heavy (non-hydrogen) atoms. The number of rotatable bonds is 1. The first-order valence-electron chi connectivity index (χ1n) is 5.12. The number of benzene rings is 1. The molecule has 0 spiro atoms. The quantitative estimate of drug-likeness (QED) is 0.791. The zero-order chi connectivity index (χ0) is 11.6. The lowest BCUT2D eigenvalue weighted by Gasteiger charge is -2.31. The molecule has 1 aliphatic rings. The third-order valence-corrected chi connectivity index (χ3v) is 2.60. The van der Waals surface area contributed by atoms with Crippen LogP contribution >= 0.6 is 0 Å². The standard InChI is InChI=1S/C11H12F3N2/c12-11(13,14)9-3-1-2-4-10(9)16-7-5-15-6-8-16/h2-4,15H,5-8H2. The van der Waals surface area contributed by atoms with Gasteiger partial charge in [0.05, 0.1) is 5.56 Å². The minimum Gasteiger partial charge on any atom is -0.368 e. The Morgan fingerprint density at radius 1 is 1.25 bits per heavy atom. The Labute approximate surface area is 92.1 Å². The lowest BCUT2D eigenvalue weighted by Crippen LogP contribution is -2.44. The van der Waals surface area contributed by atoms with Crippen LogP contribution in [0.2, 0.25) is 0 Å². The maximum atomic E-state index is 12.7. The van der Waals surface area contributed by atoms with Crippen molar-refractivity contribution in [2.45, 2.75) is 6.18 Å². The Morgan fingerprint density at radius 3 is 2.56 bits per heavy atom. The van der Waals surface area contributed by atoms with Crippen LogP contribution in [0.3, 0.4) is 0 Å². The second kappa shape index (κ2) is 4.33. The average Bonchev–Trinajstić information content (AvgIpc) is 2.29. The predicted octanol–water partition coefficient (Wildman–Crippen LogP) is 1.92. The Morgan fingerprint density at radius 2 is 1.94 bits per heavy atom. The molecule has 1 N–H and O–H groups in total. The van der Waals surface area contributed by atoms with Gasteiger partial charge in [-0.15, -0.1) is 0 Å². The van der Waals surface area contributed by atoms with E-state index in [1.165, 1.54) is 12.1 Å². The first-order chi connectivity index (χ1) is 7.59. The van der Waals surface area contributed by atoms with Crippen LogP contribution in [0.1, 0.15) is 5.56 Å². The van der Waals surface area contributed by atoms with Gasteiger partial charge in [-0.1, -0.05) is 6.07 Å². The maximum Gasteiger partial charge on any atom is 0.418 e. The van der Waals surface area contributed by atoms with Crippen LogP contribution in [0.5, 0.6) is 0 Å². The zero-order valence-electron chi connectivity index (χ0n) is 8.64. The van der Waals surface area contributed by atoms with E-state index >= 15 is 0 Å². The lowest BCUT2D eigenvalue weighted by atomic mass is 10.1. The van der Waals surface area contributed by atoms with Crippen molar-refractivity contribution in [3.63, 3.8) is 0 Å². The number of hydrogen-bond donors (Lipinski definition) is 1. The van der Waals surface area contributed by atoms with E-state index in [1.807, 2.05) is 0 Å². The van der Waals surface area contributed by atoms with Crippen molar-refractivity contribution in [3.05, 3.63) is 29.8 Å². The largest absolute Gasteiger partial charge is 0.418 e. The molecule has 2 nitrogen and oxygen atoms in total. The molecule has 0 saturated carbocycles. The first kappa shape index (κ1) is 11.3. The minimum atomic E-state index is -4.31. The summed E-state index contributed by atoms with van der Waals surface area (Å²) in [6.45, 7) is 2.64. The predicted molar refractivity (Wildman–Crippen MR) is 55.4 cm³/mol. The van der Waals surface area contributed by atoms with Gasteiger partial charge in [0.25, 0.3) is 0 Å². The van der Waals surface area contributed by atoms with E-state index in [0.29, 0.717) is 13.1 Å². The van der Waals surface area contributed by atoms with Gasteiger partial charge in [-0.05, 0) is 18.2 Å². The van der Waals surface area contributed by atoms with Crippen molar-refractivity contribution >= 4 is 5.69 Å². The molecule has 1 heterocycles. The highest BCUT2D eigenvalue weighted by Crippen LogP contribution is 2.36. The summed E-state index contributed by atoms with van der Waals surface area (Å²) in [4.78, 5) is 1.76. The van der Waals surface area contributed by atoms with Gasteiger partial charge in [-0.3, -0.25) is 0 Å². The summed E-state index contributed by atoms with van der Waals surface area (Å²) < 4.78 is 38.2. The summed E-state index contributed by atoms with van der Waals surface area (Å²) in [5.74, 6) is 0. The van der Waals surface area contributed by atoms with Gasteiger partial charge in [0.15, 0.2) is 0 Å². The third-order valence-electron chi connectivity index (χ3n) is 2.60. The van der Waals surface area contributed by atoms with E-state index < -0.39 is 11.7 Å². The molecule has 1 radical (unpaired) electrons. The van der Waals surface area contributed by atoms with Gasteiger partial charge in [0.1, 0.15) is 0 Å². The highest BCUT2D eigenvalue weighted by molar-refractivity contribution is 5.55. The second-order valence-electron chi connectivity index (χ2n) is 3.68. The fourth-order valence-corrected chi connectivity index (χ4v) is 1.83. The Hall–Kier alpha value is -1.23. The number of anilines is 1. The molecule has 0 unspecified atom stereocenters. The molecule has 1 fully saturated rings. The van der Waals surface area contributed by atoms with Crippen LogP contribution in [0.4, 0.5) is 18.9 Å². The van der Waals surface area contributed by atoms with Crippen molar-refractivity contribution in [3.8, 4) is 0 Å². The molecule has 87 valence electrons. The van der Waals surface area contributed by atoms with Gasteiger partial charge in [0, 0.05) is 31.9 Å². The van der Waals surface area contributed by atoms with Crippen molar-refractivity contribution in [2.75, 3.05) is 31.1 Å². The monoisotopic (exact) mass is 229 g/mol. The van der Waals surface area contributed by atoms with Gasteiger partial charge >= 0.3 is 6.18 Å². The van der Waals surface area contributed by atoms with Crippen LogP contribution in [-0.2, 0) is 6.18 Å². The van der Waals surface area contributed by atoms with Crippen LogP contribution in [0.15, 0.2) is 18.2 Å². The van der Waals surface area contributed by atoms with Crippen molar-refractivity contribution < 1.29 is 13.2 Å². The third kappa shape index (κ3) is 2.29. The highest BCUT2D eigenvalue weighted by atomic mass is 19.4. The number of hydrogen-bond acceptors (Lipinski definition) is 2. The number of nitrogens with zero attached hydrogens (tertiary/aromatic N) is 1. The molecule has 0 bridgehead atoms. The Kier molecular flexibility index (Phi) is 3.05. The molecule has 0 amide bonds. The van der Waals surface area contributed by atoms with Crippen LogP contribution in [-0.4, -0.2) is 26.2 Å². The molecular weight excluding hydrogens is 217 g/mol. The molecule has 1 aliphatic heterocycles. The van der Waals surface area contributed by atoms with Gasteiger partial charge in [-0.2, -0.15) is 13.2 Å². The number of alkyl halides is 3. The summed E-state index contributed by atoms with van der Waals surface area (Å²) in [5.41, 5.74) is -0.343. The number of halogens is 3. The fraction of sp³-hybridized carbons (Fsp3) is 0.455. The molecule has 1 aromatic carbocycles. The molecule has 0 aliphatic carbocycles. The van der Waals surface area contributed by atoms with Gasteiger partial charge in [0.2, 0.25) is 0 Å². The van der Waals surface area contributed by atoms with E-state index in [-0.39, 0.29) is 5.69 Å². The summed E-state index contributed by atoms with van der Waals surface area (Å²) in [5, 5.41) is 3.11. The van der Waals surface area contributed by atoms with Crippen molar-refractivity contribution in [1.29, 1.82) is 0 Å². The van der Waals surface area contributed by atoms with Gasteiger partial charge in [-0.25, -0.2) is 0 Å². The van der Waals surface area contributed by atoms with Crippen molar-refractivity contribution in [1.82, 2.24) is 5.32 Å². The topological polar surface area (TPSA) is 15.3 Å². The van der Waals surface area contributed by atoms with Gasteiger partial charge < -0.3 is 10.2 Å². The van der Waals surface area contributed by atoms with Crippen molar-refractivity contribution in [2.24, 2.45) is 0 Å². The Bertz CT molecular complexity index is 356. The zero-order valence-corrected chi connectivity index (χ0v) is 8.64. The van der Waals surface area contributed by atoms with E-state index in [0.717, 1.165) is 19.2 Å². The van der Waals surface area contributed by atoms with Crippen LogP contribution in [0.25, 0.3) is 0 Å². The van der Waals surface area contributed by atoms with Crippen LogP contribution in [0, 0.1) is 6.07 Å². The summed E-state index contributed by atoms with van der Waals surface area (Å²) in [6.07, 6.45) is -4.31. The number of nitrogens with one attached hydrogen (secondary N) is 1. The van der Waals surface area contributed by atoms with E-state index in [1.54, 1.807) is 4.90 Å². The SMILES string of the molecule is FC(F)(F)c1c[c]ccc1N1CCNCC1. The molecule has 5 heteroatoms. The molecular formula is C11H12F3N2. The smallest absolute Gasteiger partial charge is 0.368 e. The summed E-state index contributed by atoms with van der Waals surface area (Å²) >= 11 is 0. The summed E-state index contributed by atoms with van der Waals surface area (Å²) in [7, 11) is 0. The minimum absolute atomic E-state index is 0.257. The van der Waals surface area contributed by atoms with E-state index in [4.69, 9.17) is 0 Å².